The number of hydroxylamine groups is 1. The van der Waals surface area contributed by atoms with Crippen molar-refractivity contribution in [1.82, 2.24) is 5.48 Å². The van der Waals surface area contributed by atoms with E-state index >= 15 is 0 Å². The Hall–Kier alpha value is -1.40. The molecule has 0 aliphatic heterocycles. The highest BCUT2D eigenvalue weighted by Gasteiger charge is 2.15. The van der Waals surface area contributed by atoms with E-state index in [1.807, 2.05) is 5.48 Å². The summed E-state index contributed by atoms with van der Waals surface area (Å²) in [6, 6.07) is -0.765. The lowest BCUT2D eigenvalue weighted by molar-refractivity contribution is -0.158. The summed E-state index contributed by atoms with van der Waals surface area (Å²) in [4.78, 5) is 26.5. The van der Waals surface area contributed by atoms with Crippen molar-refractivity contribution >= 4 is 11.9 Å². The SMILES string of the molecule is C=C(C)C(=O)NOC(=O)[C@H](N)CCCN. The molecule has 1 amide bonds. The van der Waals surface area contributed by atoms with E-state index < -0.39 is 17.9 Å². The first kappa shape index (κ1) is 13.6. The lowest BCUT2D eigenvalue weighted by atomic mass is 10.2. The minimum absolute atomic E-state index is 0.248. The van der Waals surface area contributed by atoms with E-state index in [9.17, 15) is 9.59 Å². The molecule has 0 radical (unpaired) electrons. The zero-order valence-electron chi connectivity index (χ0n) is 8.79. The van der Waals surface area contributed by atoms with Crippen LogP contribution in [-0.4, -0.2) is 24.5 Å². The van der Waals surface area contributed by atoms with E-state index in [1.165, 1.54) is 6.92 Å². The van der Waals surface area contributed by atoms with Crippen LogP contribution in [0.1, 0.15) is 19.8 Å². The van der Waals surface area contributed by atoms with Gasteiger partial charge in [-0.15, -0.1) is 0 Å². The predicted molar refractivity (Wildman–Crippen MR) is 55.3 cm³/mol. The topological polar surface area (TPSA) is 107 Å². The number of carbonyl (C=O) groups excluding carboxylic acids is 2. The Bertz CT molecular complexity index is 253. The molecule has 0 fully saturated rings. The second kappa shape index (κ2) is 6.97. The van der Waals surface area contributed by atoms with Crippen LogP contribution in [0, 0.1) is 0 Å². The largest absolute Gasteiger partial charge is 0.348 e. The number of nitrogens with two attached hydrogens (primary N) is 2. The fraction of sp³-hybridized carbons (Fsp3) is 0.556. The highest BCUT2D eigenvalue weighted by molar-refractivity contribution is 5.92. The van der Waals surface area contributed by atoms with Crippen LogP contribution < -0.4 is 16.9 Å². The summed E-state index contributed by atoms with van der Waals surface area (Å²) < 4.78 is 0. The monoisotopic (exact) mass is 215 g/mol. The van der Waals surface area contributed by atoms with Gasteiger partial charge in [-0.2, -0.15) is 5.48 Å². The summed E-state index contributed by atoms with van der Waals surface area (Å²) in [5, 5.41) is 0. The molecule has 0 aromatic rings. The fourth-order valence-corrected chi connectivity index (χ4v) is 0.715. The van der Waals surface area contributed by atoms with Crippen molar-refractivity contribution in [3.05, 3.63) is 12.2 Å². The molecule has 0 bridgehead atoms. The first-order chi connectivity index (χ1) is 6.99. The second-order valence-corrected chi connectivity index (χ2v) is 3.17. The molecule has 0 aromatic heterocycles. The third-order valence-electron chi connectivity index (χ3n) is 1.65. The van der Waals surface area contributed by atoms with Gasteiger partial charge in [0.2, 0.25) is 0 Å². The Balaban J connectivity index is 3.82. The van der Waals surface area contributed by atoms with Crippen molar-refractivity contribution in [2.24, 2.45) is 11.5 Å². The molecule has 6 nitrogen and oxygen atoms in total. The zero-order valence-corrected chi connectivity index (χ0v) is 8.79. The smallest absolute Gasteiger partial charge is 0.339 e. The average Bonchev–Trinajstić information content (AvgIpc) is 2.21. The molecule has 86 valence electrons. The highest BCUT2D eigenvalue weighted by atomic mass is 16.7. The third kappa shape index (κ3) is 5.82. The van der Waals surface area contributed by atoms with Crippen molar-refractivity contribution in [3.63, 3.8) is 0 Å². The van der Waals surface area contributed by atoms with E-state index in [1.54, 1.807) is 0 Å². The molecule has 1 atom stereocenters. The van der Waals surface area contributed by atoms with Gasteiger partial charge in [0.05, 0.1) is 0 Å². The van der Waals surface area contributed by atoms with E-state index in [0.29, 0.717) is 19.4 Å². The molecular formula is C9H17N3O3. The van der Waals surface area contributed by atoms with E-state index in [2.05, 4.69) is 11.4 Å². The number of hydrogen-bond donors (Lipinski definition) is 3. The maximum Gasteiger partial charge on any atom is 0.348 e. The minimum atomic E-state index is -0.765. The molecule has 0 aromatic carbocycles. The van der Waals surface area contributed by atoms with Crippen molar-refractivity contribution < 1.29 is 14.4 Å². The molecule has 0 heterocycles. The number of carbonyl (C=O) groups is 2. The quantitative estimate of drug-likeness (QED) is 0.411. The predicted octanol–water partition coefficient (Wildman–Crippen LogP) is -0.797. The minimum Gasteiger partial charge on any atom is -0.339 e. The van der Waals surface area contributed by atoms with Gasteiger partial charge in [0.15, 0.2) is 0 Å². The molecule has 0 aliphatic carbocycles. The number of hydrogen-bond acceptors (Lipinski definition) is 5. The standard InChI is InChI=1S/C9H17N3O3/c1-6(2)8(13)12-15-9(14)7(11)4-3-5-10/h7H,1,3-5,10-11H2,2H3,(H,12,13)/t7-/m1/s1. The van der Waals surface area contributed by atoms with Gasteiger partial charge in [-0.3, -0.25) is 4.79 Å². The van der Waals surface area contributed by atoms with Crippen LogP contribution in [0.2, 0.25) is 0 Å². The van der Waals surface area contributed by atoms with Crippen LogP contribution in [0.15, 0.2) is 12.2 Å². The first-order valence-electron chi connectivity index (χ1n) is 4.61. The van der Waals surface area contributed by atoms with Gasteiger partial charge in [0.25, 0.3) is 5.91 Å². The number of rotatable bonds is 5. The molecule has 5 N–H and O–H groups in total. The van der Waals surface area contributed by atoms with Crippen molar-refractivity contribution in [2.75, 3.05) is 6.54 Å². The van der Waals surface area contributed by atoms with Gasteiger partial charge < -0.3 is 16.3 Å². The number of amides is 1. The lowest BCUT2D eigenvalue weighted by Crippen LogP contribution is -2.38. The summed E-state index contributed by atoms with van der Waals surface area (Å²) in [5.41, 5.74) is 12.9. The fourth-order valence-electron chi connectivity index (χ4n) is 0.715. The molecule has 6 heteroatoms. The Morgan fingerprint density at radius 1 is 1.53 bits per heavy atom. The Labute approximate surface area is 88.6 Å². The highest BCUT2D eigenvalue weighted by Crippen LogP contribution is 1.95. The molecule has 0 unspecified atom stereocenters. The van der Waals surface area contributed by atoms with Crippen molar-refractivity contribution in [1.29, 1.82) is 0 Å². The van der Waals surface area contributed by atoms with Crippen LogP contribution >= 0.6 is 0 Å². The average molecular weight is 215 g/mol. The van der Waals surface area contributed by atoms with E-state index in [-0.39, 0.29) is 5.57 Å². The van der Waals surface area contributed by atoms with E-state index in [0.717, 1.165) is 0 Å². The molecule has 0 rings (SSSR count). The van der Waals surface area contributed by atoms with Gasteiger partial charge in [-0.1, -0.05) is 6.58 Å². The van der Waals surface area contributed by atoms with Crippen LogP contribution in [-0.2, 0) is 14.4 Å². The summed E-state index contributed by atoms with van der Waals surface area (Å²) in [5.74, 6) is -1.23. The van der Waals surface area contributed by atoms with Crippen LogP contribution in [0.25, 0.3) is 0 Å². The Kier molecular flexibility index (Phi) is 6.32. The second-order valence-electron chi connectivity index (χ2n) is 3.17. The third-order valence-corrected chi connectivity index (χ3v) is 1.65. The van der Waals surface area contributed by atoms with Gasteiger partial charge in [0, 0.05) is 5.57 Å². The first-order valence-corrected chi connectivity index (χ1v) is 4.61. The summed E-state index contributed by atoms with van der Waals surface area (Å²) >= 11 is 0. The summed E-state index contributed by atoms with van der Waals surface area (Å²) in [6.07, 6.45) is 1.06. The molecule has 0 aliphatic rings. The molecule has 0 spiro atoms. The zero-order chi connectivity index (χ0) is 11.8. The molecule has 0 saturated heterocycles. The van der Waals surface area contributed by atoms with Crippen molar-refractivity contribution in [3.8, 4) is 0 Å². The van der Waals surface area contributed by atoms with Gasteiger partial charge in [0.1, 0.15) is 6.04 Å². The van der Waals surface area contributed by atoms with Gasteiger partial charge in [-0.25, -0.2) is 4.79 Å². The molecular weight excluding hydrogens is 198 g/mol. The van der Waals surface area contributed by atoms with Gasteiger partial charge in [-0.05, 0) is 26.3 Å². The van der Waals surface area contributed by atoms with E-state index in [4.69, 9.17) is 11.5 Å². The molecule has 0 saturated carbocycles. The Morgan fingerprint density at radius 3 is 2.60 bits per heavy atom. The maximum absolute atomic E-state index is 11.1. The maximum atomic E-state index is 11.1. The van der Waals surface area contributed by atoms with Crippen molar-refractivity contribution in [2.45, 2.75) is 25.8 Å². The van der Waals surface area contributed by atoms with Crippen LogP contribution in [0.5, 0.6) is 0 Å². The van der Waals surface area contributed by atoms with Crippen LogP contribution in [0.3, 0.4) is 0 Å². The Morgan fingerprint density at radius 2 is 2.13 bits per heavy atom. The molecule has 15 heavy (non-hydrogen) atoms. The summed E-state index contributed by atoms with van der Waals surface area (Å²) in [6.45, 7) is 5.33. The van der Waals surface area contributed by atoms with Gasteiger partial charge >= 0.3 is 5.97 Å². The lowest BCUT2D eigenvalue weighted by Gasteiger charge is -2.10. The number of nitrogens with one attached hydrogen (secondary N) is 1. The van der Waals surface area contributed by atoms with Crippen LogP contribution in [0.4, 0.5) is 0 Å². The normalized spacial score (nSPS) is 11.7. The summed E-state index contributed by atoms with van der Waals surface area (Å²) in [7, 11) is 0.